The molecule has 0 saturated carbocycles. The molecule has 1 atom stereocenters. The number of hydrogen-bond donors (Lipinski definition) is 3. The van der Waals surface area contributed by atoms with Gasteiger partial charge in [0, 0.05) is 12.6 Å². The van der Waals surface area contributed by atoms with Crippen molar-refractivity contribution in [3.05, 3.63) is 35.6 Å². The number of nitrogens with zero attached hydrogens (tertiary/aromatic N) is 1. The number of guanidine groups is 1. The fourth-order valence-corrected chi connectivity index (χ4v) is 1.62. The third-order valence-electron chi connectivity index (χ3n) is 2.47. The maximum atomic E-state index is 12.8. The molecule has 0 heterocycles. The monoisotopic (exact) mass is 252 g/mol. The molecule has 0 bridgehead atoms. The van der Waals surface area contributed by atoms with Gasteiger partial charge in [0.25, 0.3) is 0 Å². The van der Waals surface area contributed by atoms with E-state index >= 15 is 0 Å². The van der Waals surface area contributed by atoms with Gasteiger partial charge in [0.2, 0.25) is 5.96 Å². The molecule has 0 spiro atoms. The van der Waals surface area contributed by atoms with E-state index in [0.717, 1.165) is 24.9 Å². The van der Waals surface area contributed by atoms with Crippen LogP contribution in [0.15, 0.2) is 29.3 Å². The number of aliphatic imine (C=N–C) groups is 1. The molecule has 100 valence electrons. The van der Waals surface area contributed by atoms with Crippen LogP contribution >= 0.6 is 0 Å². The number of hydrogen-bond acceptors (Lipinski definition) is 2. The van der Waals surface area contributed by atoms with Crippen molar-refractivity contribution in [2.45, 2.75) is 32.7 Å². The Balaban J connectivity index is 2.49. The SMILES string of the molecule is CCCN=C(NN)NC(C)Cc1ccc(F)cc1. The van der Waals surface area contributed by atoms with Crippen molar-refractivity contribution in [1.29, 1.82) is 0 Å². The molecule has 0 saturated heterocycles. The third-order valence-corrected chi connectivity index (χ3v) is 2.47. The Morgan fingerprint density at radius 2 is 2.06 bits per heavy atom. The summed E-state index contributed by atoms with van der Waals surface area (Å²) in [6.07, 6.45) is 1.76. The van der Waals surface area contributed by atoms with Gasteiger partial charge in [-0.2, -0.15) is 0 Å². The average molecular weight is 252 g/mol. The highest BCUT2D eigenvalue weighted by Crippen LogP contribution is 2.05. The molecule has 1 rings (SSSR count). The van der Waals surface area contributed by atoms with Crippen molar-refractivity contribution in [3.63, 3.8) is 0 Å². The van der Waals surface area contributed by atoms with Crippen LogP contribution in [0.3, 0.4) is 0 Å². The lowest BCUT2D eigenvalue weighted by Crippen LogP contribution is -2.46. The summed E-state index contributed by atoms with van der Waals surface area (Å²) in [5.74, 6) is 5.76. The lowest BCUT2D eigenvalue weighted by atomic mass is 10.1. The standard InChI is InChI=1S/C13H21FN4/c1-3-8-16-13(18-15)17-10(2)9-11-4-6-12(14)7-5-11/h4-7,10H,3,8-9,15H2,1-2H3,(H2,16,17,18). The zero-order chi connectivity index (χ0) is 13.4. The van der Waals surface area contributed by atoms with Crippen LogP contribution in [0.4, 0.5) is 4.39 Å². The summed E-state index contributed by atoms with van der Waals surface area (Å²) in [6, 6.07) is 6.67. The molecule has 18 heavy (non-hydrogen) atoms. The van der Waals surface area contributed by atoms with E-state index in [2.05, 4.69) is 22.7 Å². The summed E-state index contributed by atoms with van der Waals surface area (Å²) in [5.41, 5.74) is 3.61. The second-order valence-electron chi connectivity index (χ2n) is 4.25. The predicted octanol–water partition coefficient (Wildman–Crippen LogP) is 1.58. The van der Waals surface area contributed by atoms with E-state index in [4.69, 9.17) is 5.84 Å². The first-order valence-electron chi connectivity index (χ1n) is 6.17. The van der Waals surface area contributed by atoms with E-state index < -0.39 is 0 Å². The summed E-state index contributed by atoms with van der Waals surface area (Å²) in [4.78, 5) is 4.27. The van der Waals surface area contributed by atoms with Crippen LogP contribution in [0.5, 0.6) is 0 Å². The first-order chi connectivity index (χ1) is 8.65. The van der Waals surface area contributed by atoms with Crippen molar-refractivity contribution in [2.24, 2.45) is 10.8 Å². The Labute approximate surface area is 107 Å². The van der Waals surface area contributed by atoms with Crippen LogP contribution in [-0.2, 0) is 6.42 Å². The molecule has 0 fully saturated rings. The van der Waals surface area contributed by atoms with Crippen LogP contribution in [-0.4, -0.2) is 18.5 Å². The normalized spacial score (nSPS) is 13.2. The average Bonchev–Trinajstić information content (AvgIpc) is 2.37. The molecule has 1 aromatic rings. The van der Waals surface area contributed by atoms with Gasteiger partial charge in [-0.25, -0.2) is 10.2 Å². The van der Waals surface area contributed by atoms with Crippen molar-refractivity contribution in [1.82, 2.24) is 10.7 Å². The van der Waals surface area contributed by atoms with Gasteiger partial charge in [0.05, 0.1) is 0 Å². The van der Waals surface area contributed by atoms with E-state index in [1.165, 1.54) is 12.1 Å². The molecule has 0 aliphatic heterocycles. The molecule has 4 N–H and O–H groups in total. The molecule has 1 aromatic carbocycles. The molecular formula is C13H21FN4. The Morgan fingerprint density at radius 3 is 2.61 bits per heavy atom. The number of nitrogens with two attached hydrogens (primary N) is 1. The van der Waals surface area contributed by atoms with E-state index in [1.54, 1.807) is 12.1 Å². The Kier molecular flexibility index (Phi) is 6.14. The maximum absolute atomic E-state index is 12.8. The molecule has 0 amide bonds. The first-order valence-corrected chi connectivity index (χ1v) is 6.17. The molecule has 0 aromatic heterocycles. The van der Waals surface area contributed by atoms with E-state index in [-0.39, 0.29) is 11.9 Å². The number of hydrazine groups is 1. The van der Waals surface area contributed by atoms with Crippen LogP contribution in [0, 0.1) is 5.82 Å². The number of rotatable bonds is 5. The van der Waals surface area contributed by atoms with E-state index in [1.807, 2.05) is 6.92 Å². The molecule has 4 nitrogen and oxygen atoms in total. The molecule has 1 unspecified atom stereocenters. The van der Waals surface area contributed by atoms with Crippen molar-refractivity contribution in [3.8, 4) is 0 Å². The smallest absolute Gasteiger partial charge is 0.205 e. The summed E-state index contributed by atoms with van der Waals surface area (Å²) in [7, 11) is 0. The van der Waals surface area contributed by atoms with Gasteiger partial charge >= 0.3 is 0 Å². The van der Waals surface area contributed by atoms with Crippen LogP contribution < -0.4 is 16.6 Å². The lowest BCUT2D eigenvalue weighted by Gasteiger charge is -2.16. The van der Waals surface area contributed by atoms with Gasteiger partial charge in [-0.15, -0.1) is 0 Å². The summed E-state index contributed by atoms with van der Waals surface area (Å²) in [6.45, 7) is 4.82. The van der Waals surface area contributed by atoms with Crippen LogP contribution in [0.2, 0.25) is 0 Å². The minimum absolute atomic E-state index is 0.169. The van der Waals surface area contributed by atoms with Gasteiger partial charge in [-0.1, -0.05) is 19.1 Å². The van der Waals surface area contributed by atoms with Crippen molar-refractivity contribution < 1.29 is 4.39 Å². The highest BCUT2D eigenvalue weighted by atomic mass is 19.1. The highest BCUT2D eigenvalue weighted by Gasteiger charge is 2.05. The fraction of sp³-hybridized carbons (Fsp3) is 0.462. The number of benzene rings is 1. The van der Waals surface area contributed by atoms with Gasteiger partial charge in [0.15, 0.2) is 0 Å². The summed E-state index contributed by atoms with van der Waals surface area (Å²) < 4.78 is 12.8. The second-order valence-corrected chi connectivity index (χ2v) is 4.25. The van der Waals surface area contributed by atoms with E-state index in [0.29, 0.717) is 5.96 Å². The topological polar surface area (TPSA) is 62.4 Å². The van der Waals surface area contributed by atoms with E-state index in [9.17, 15) is 4.39 Å². The van der Waals surface area contributed by atoms with Crippen LogP contribution in [0.1, 0.15) is 25.8 Å². The lowest BCUT2D eigenvalue weighted by molar-refractivity contribution is 0.620. The highest BCUT2D eigenvalue weighted by molar-refractivity contribution is 5.79. The molecule has 0 radical (unpaired) electrons. The van der Waals surface area contributed by atoms with Crippen molar-refractivity contribution >= 4 is 5.96 Å². The van der Waals surface area contributed by atoms with Crippen molar-refractivity contribution in [2.75, 3.05) is 6.54 Å². The zero-order valence-electron chi connectivity index (χ0n) is 10.9. The zero-order valence-corrected chi connectivity index (χ0v) is 10.9. The maximum Gasteiger partial charge on any atom is 0.205 e. The minimum Gasteiger partial charge on any atom is -0.353 e. The quantitative estimate of drug-likeness (QED) is 0.323. The minimum atomic E-state index is -0.215. The van der Waals surface area contributed by atoms with Gasteiger partial charge in [-0.3, -0.25) is 10.4 Å². The largest absolute Gasteiger partial charge is 0.353 e. The fourth-order valence-electron chi connectivity index (χ4n) is 1.62. The van der Waals surface area contributed by atoms with Gasteiger partial charge < -0.3 is 5.32 Å². The second kappa shape index (κ2) is 7.66. The summed E-state index contributed by atoms with van der Waals surface area (Å²) in [5, 5.41) is 3.18. The third kappa shape index (κ3) is 5.14. The number of nitrogens with one attached hydrogen (secondary N) is 2. The predicted molar refractivity (Wildman–Crippen MR) is 72.6 cm³/mol. The van der Waals surface area contributed by atoms with Gasteiger partial charge in [-0.05, 0) is 37.5 Å². The Hall–Kier alpha value is -1.62. The van der Waals surface area contributed by atoms with Gasteiger partial charge in [0.1, 0.15) is 5.82 Å². The Bertz CT molecular complexity index is 375. The van der Waals surface area contributed by atoms with Crippen LogP contribution in [0.25, 0.3) is 0 Å². The molecular weight excluding hydrogens is 231 g/mol. The summed E-state index contributed by atoms with van der Waals surface area (Å²) >= 11 is 0. The Morgan fingerprint density at radius 1 is 1.39 bits per heavy atom. The molecule has 0 aliphatic carbocycles. The first kappa shape index (κ1) is 14.4. The number of halogens is 1. The molecule has 0 aliphatic rings. The molecule has 5 heteroatoms.